The van der Waals surface area contributed by atoms with Gasteiger partial charge in [-0.15, -0.1) is 11.3 Å². The molecular weight excluding hydrogens is 412 g/mol. The highest BCUT2D eigenvalue weighted by molar-refractivity contribution is 7.09. The first kappa shape index (κ1) is 21.7. The van der Waals surface area contributed by atoms with Crippen LogP contribution in [-0.4, -0.2) is 52.4 Å². The molecule has 3 aromatic rings. The third-order valence-electron chi connectivity index (χ3n) is 5.40. The maximum absolute atomic E-state index is 13.2. The molecule has 31 heavy (non-hydrogen) atoms. The van der Waals surface area contributed by atoms with Crippen molar-refractivity contribution < 1.29 is 9.84 Å². The second-order valence-corrected chi connectivity index (χ2v) is 8.87. The minimum Gasteiger partial charge on any atom is -0.392 e. The summed E-state index contributed by atoms with van der Waals surface area (Å²) in [5.41, 5.74) is 3.26. The molecule has 4 heterocycles. The first-order chi connectivity index (χ1) is 15.1. The van der Waals surface area contributed by atoms with Crippen LogP contribution in [0.4, 0.5) is 5.82 Å². The van der Waals surface area contributed by atoms with E-state index in [0.29, 0.717) is 49.2 Å². The number of fused-ring (bicyclic) bond motifs is 1. The number of aryl methyl sites for hydroxylation is 2. The molecule has 7 nitrogen and oxygen atoms in total. The van der Waals surface area contributed by atoms with Crippen molar-refractivity contribution in [3.05, 3.63) is 62.0 Å². The molecule has 0 amide bonds. The van der Waals surface area contributed by atoms with Gasteiger partial charge in [0.15, 0.2) is 0 Å². The Bertz CT molecular complexity index is 1130. The third-order valence-corrected chi connectivity index (χ3v) is 6.33. The van der Waals surface area contributed by atoms with Gasteiger partial charge in [-0.05, 0) is 36.1 Å². The van der Waals surface area contributed by atoms with E-state index in [4.69, 9.17) is 14.7 Å². The van der Waals surface area contributed by atoms with Crippen LogP contribution in [0.3, 0.4) is 0 Å². The largest absolute Gasteiger partial charge is 0.392 e. The highest BCUT2D eigenvalue weighted by Crippen LogP contribution is 2.21. The smallest absolute Gasteiger partial charge is 0.267 e. The monoisotopic (exact) mass is 440 g/mol. The molecule has 164 valence electrons. The second-order valence-electron chi connectivity index (χ2n) is 7.92. The van der Waals surface area contributed by atoms with Crippen molar-refractivity contribution in [1.82, 2.24) is 14.4 Å². The molecule has 0 bridgehead atoms. The molecule has 1 aliphatic heterocycles. The standard InChI is InChI=1S/C23H28N4O3S/c1-16(2)19-15-31-21(24-19)6-5-17-7-8-27-20(14-17)25-22(26-9-12-30-13-10-26)18(23(27)29)4-3-11-28/h3-4,7-8,14-16,28H,5-6,9-13H2,1-2H3/b4-3+. The van der Waals surface area contributed by atoms with E-state index in [2.05, 4.69) is 24.1 Å². The molecule has 1 N–H and O–H groups in total. The lowest BCUT2D eigenvalue weighted by molar-refractivity contribution is 0.122. The predicted octanol–water partition coefficient (Wildman–Crippen LogP) is 2.90. The number of hydrogen-bond donors (Lipinski definition) is 1. The summed E-state index contributed by atoms with van der Waals surface area (Å²) in [4.78, 5) is 24.8. The van der Waals surface area contributed by atoms with Crippen molar-refractivity contribution in [1.29, 1.82) is 0 Å². The maximum Gasteiger partial charge on any atom is 0.267 e. The van der Waals surface area contributed by atoms with Crippen LogP contribution < -0.4 is 10.5 Å². The van der Waals surface area contributed by atoms with E-state index in [0.717, 1.165) is 29.1 Å². The lowest BCUT2D eigenvalue weighted by atomic mass is 10.1. The molecule has 0 atom stereocenters. The highest BCUT2D eigenvalue weighted by atomic mass is 32.1. The molecule has 0 unspecified atom stereocenters. The van der Waals surface area contributed by atoms with Gasteiger partial charge in [-0.2, -0.15) is 0 Å². The number of aliphatic hydroxyl groups excluding tert-OH is 1. The summed E-state index contributed by atoms with van der Waals surface area (Å²) >= 11 is 1.71. The van der Waals surface area contributed by atoms with E-state index in [1.165, 1.54) is 0 Å². The van der Waals surface area contributed by atoms with Crippen LogP contribution in [0.2, 0.25) is 0 Å². The number of pyridine rings is 1. The number of anilines is 1. The number of nitrogens with zero attached hydrogens (tertiary/aromatic N) is 4. The van der Waals surface area contributed by atoms with Gasteiger partial charge in [0.1, 0.15) is 11.5 Å². The van der Waals surface area contributed by atoms with Crippen molar-refractivity contribution in [2.45, 2.75) is 32.6 Å². The quantitative estimate of drug-likeness (QED) is 0.609. The van der Waals surface area contributed by atoms with E-state index in [9.17, 15) is 9.90 Å². The van der Waals surface area contributed by atoms with Gasteiger partial charge in [0.05, 0.1) is 36.1 Å². The number of aromatic nitrogens is 3. The summed E-state index contributed by atoms with van der Waals surface area (Å²) in [6, 6.07) is 3.96. The lowest BCUT2D eigenvalue weighted by Gasteiger charge is -2.29. The summed E-state index contributed by atoms with van der Waals surface area (Å²) in [5, 5.41) is 12.5. The number of thiazole rings is 1. The topological polar surface area (TPSA) is 80.0 Å². The van der Waals surface area contributed by atoms with E-state index in [1.54, 1.807) is 34.1 Å². The van der Waals surface area contributed by atoms with Crippen molar-refractivity contribution in [2.75, 3.05) is 37.8 Å². The number of aliphatic hydroxyl groups is 1. The Kier molecular flexibility index (Phi) is 6.80. The fourth-order valence-electron chi connectivity index (χ4n) is 3.63. The molecule has 0 aromatic carbocycles. The van der Waals surface area contributed by atoms with Crippen LogP contribution in [0.1, 0.15) is 41.6 Å². The molecular formula is C23H28N4O3S. The SMILES string of the molecule is CC(C)c1csc(CCc2ccn3c(=O)c(/C=C/CO)c(N4CCOCC4)nc3c2)n1. The Balaban J connectivity index is 1.65. The molecule has 0 spiro atoms. The van der Waals surface area contributed by atoms with E-state index >= 15 is 0 Å². The lowest BCUT2D eigenvalue weighted by Crippen LogP contribution is -2.38. The summed E-state index contributed by atoms with van der Waals surface area (Å²) < 4.78 is 7.03. The fraction of sp³-hybridized carbons (Fsp3) is 0.435. The Morgan fingerprint density at radius 1 is 1.26 bits per heavy atom. The summed E-state index contributed by atoms with van der Waals surface area (Å²) in [6.45, 7) is 6.77. The van der Waals surface area contributed by atoms with Crippen LogP contribution in [0.15, 0.2) is 34.6 Å². The van der Waals surface area contributed by atoms with E-state index < -0.39 is 0 Å². The first-order valence-electron chi connectivity index (χ1n) is 10.7. The molecule has 8 heteroatoms. The first-order valence-corrected chi connectivity index (χ1v) is 11.5. The van der Waals surface area contributed by atoms with Crippen molar-refractivity contribution >= 4 is 28.9 Å². The molecule has 1 saturated heterocycles. The third kappa shape index (κ3) is 4.87. The molecule has 1 aliphatic rings. The van der Waals surface area contributed by atoms with Gasteiger partial charge in [-0.3, -0.25) is 9.20 Å². The van der Waals surface area contributed by atoms with Crippen LogP contribution >= 0.6 is 11.3 Å². The highest BCUT2D eigenvalue weighted by Gasteiger charge is 2.19. The number of morpholine rings is 1. The van der Waals surface area contributed by atoms with Crippen LogP contribution in [-0.2, 0) is 17.6 Å². The average molecular weight is 441 g/mol. The Morgan fingerprint density at radius 3 is 2.77 bits per heavy atom. The Labute approximate surface area is 185 Å². The zero-order valence-corrected chi connectivity index (χ0v) is 18.8. The van der Waals surface area contributed by atoms with Gasteiger partial charge in [-0.25, -0.2) is 9.97 Å². The van der Waals surface area contributed by atoms with Crippen LogP contribution in [0.25, 0.3) is 11.7 Å². The number of ether oxygens (including phenoxy) is 1. The number of rotatable bonds is 7. The van der Waals surface area contributed by atoms with Gasteiger partial charge in [-0.1, -0.05) is 19.9 Å². The van der Waals surface area contributed by atoms with Gasteiger partial charge >= 0.3 is 0 Å². The van der Waals surface area contributed by atoms with Gasteiger partial charge in [0.25, 0.3) is 5.56 Å². The summed E-state index contributed by atoms with van der Waals surface area (Å²) in [5.74, 6) is 1.09. The normalized spacial score (nSPS) is 14.9. The molecule has 3 aromatic heterocycles. The minimum atomic E-state index is -0.135. The fourth-order valence-corrected chi connectivity index (χ4v) is 4.59. The molecule has 0 aliphatic carbocycles. The summed E-state index contributed by atoms with van der Waals surface area (Å²) in [6.07, 6.45) is 6.74. The second kappa shape index (κ2) is 9.72. The van der Waals surface area contributed by atoms with Crippen molar-refractivity contribution in [2.24, 2.45) is 0 Å². The van der Waals surface area contributed by atoms with Crippen LogP contribution in [0.5, 0.6) is 0 Å². The molecule has 1 fully saturated rings. The van der Waals surface area contributed by atoms with Gasteiger partial charge < -0.3 is 14.7 Å². The zero-order chi connectivity index (χ0) is 21.8. The molecule has 0 saturated carbocycles. The number of hydrogen-bond acceptors (Lipinski definition) is 7. The van der Waals surface area contributed by atoms with E-state index in [-0.39, 0.29) is 12.2 Å². The van der Waals surface area contributed by atoms with Crippen LogP contribution in [0, 0.1) is 0 Å². The average Bonchev–Trinajstić information content (AvgIpc) is 3.27. The minimum absolute atomic E-state index is 0.126. The zero-order valence-electron chi connectivity index (χ0n) is 18.0. The van der Waals surface area contributed by atoms with E-state index in [1.807, 2.05) is 12.1 Å². The molecule has 0 radical (unpaired) electrons. The van der Waals surface area contributed by atoms with Gasteiger partial charge in [0.2, 0.25) is 0 Å². The maximum atomic E-state index is 13.2. The Hall–Kier alpha value is -2.55. The van der Waals surface area contributed by atoms with Gasteiger partial charge in [0, 0.05) is 31.1 Å². The Morgan fingerprint density at radius 2 is 2.06 bits per heavy atom. The van der Waals surface area contributed by atoms with Crippen molar-refractivity contribution in [3.63, 3.8) is 0 Å². The van der Waals surface area contributed by atoms with Crippen molar-refractivity contribution in [3.8, 4) is 0 Å². The molecule has 4 rings (SSSR count). The predicted molar refractivity (Wildman–Crippen MR) is 124 cm³/mol. The summed E-state index contributed by atoms with van der Waals surface area (Å²) in [7, 11) is 0.